The maximum Gasteiger partial charge on any atom is 0.307 e. The van der Waals surface area contributed by atoms with Crippen LogP contribution in [0.1, 0.15) is 5.56 Å². The Labute approximate surface area is 90.7 Å². The molecule has 16 heavy (non-hydrogen) atoms. The van der Waals surface area contributed by atoms with Gasteiger partial charge >= 0.3 is 5.97 Å². The first kappa shape index (κ1) is 10.5. The lowest BCUT2D eigenvalue weighted by molar-refractivity contribution is -0.136. The Bertz CT molecular complexity index is 547. The summed E-state index contributed by atoms with van der Waals surface area (Å²) >= 11 is 0. The zero-order chi connectivity index (χ0) is 11.7. The van der Waals surface area contributed by atoms with E-state index < -0.39 is 11.8 Å². The number of carboxylic acids is 1. The van der Waals surface area contributed by atoms with Crippen LogP contribution in [0.2, 0.25) is 0 Å². The quantitative estimate of drug-likeness (QED) is 0.835. The van der Waals surface area contributed by atoms with Crippen molar-refractivity contribution < 1.29 is 19.0 Å². The van der Waals surface area contributed by atoms with E-state index in [1.54, 1.807) is 6.20 Å². The van der Waals surface area contributed by atoms with Crippen LogP contribution in [0.5, 0.6) is 5.75 Å². The minimum absolute atomic E-state index is 0.102. The van der Waals surface area contributed by atoms with Gasteiger partial charge in [0.2, 0.25) is 0 Å². The lowest BCUT2D eigenvalue weighted by Crippen LogP contribution is -1.99. The number of ether oxygens (including phenoxy) is 1. The predicted octanol–water partition coefficient (Wildman–Crippen LogP) is 1.94. The number of rotatable bonds is 3. The molecule has 0 atom stereocenters. The third kappa shape index (κ3) is 1.71. The molecule has 5 heteroatoms. The van der Waals surface area contributed by atoms with Gasteiger partial charge in [-0.05, 0) is 11.6 Å². The van der Waals surface area contributed by atoms with E-state index in [1.165, 1.54) is 19.2 Å². The van der Waals surface area contributed by atoms with Gasteiger partial charge in [0.25, 0.3) is 0 Å². The number of benzene rings is 1. The average Bonchev–Trinajstić information content (AvgIpc) is 2.59. The van der Waals surface area contributed by atoms with E-state index in [4.69, 9.17) is 9.84 Å². The summed E-state index contributed by atoms with van der Waals surface area (Å²) in [7, 11) is 1.37. The molecular formula is C11H10FNO3. The molecule has 1 aromatic carbocycles. The molecule has 0 spiro atoms. The average molecular weight is 223 g/mol. The molecule has 0 bridgehead atoms. The van der Waals surface area contributed by atoms with Crippen molar-refractivity contribution in [2.75, 3.05) is 7.11 Å². The highest BCUT2D eigenvalue weighted by atomic mass is 19.1. The van der Waals surface area contributed by atoms with E-state index in [9.17, 15) is 9.18 Å². The van der Waals surface area contributed by atoms with E-state index in [1.807, 2.05) is 0 Å². The van der Waals surface area contributed by atoms with Crippen LogP contribution in [-0.2, 0) is 11.2 Å². The van der Waals surface area contributed by atoms with Crippen LogP contribution in [0.3, 0.4) is 0 Å². The van der Waals surface area contributed by atoms with Gasteiger partial charge in [-0.15, -0.1) is 0 Å². The van der Waals surface area contributed by atoms with Gasteiger partial charge in [-0.3, -0.25) is 4.79 Å². The molecule has 2 aromatic rings. The fraction of sp³-hybridized carbons (Fsp3) is 0.182. The summed E-state index contributed by atoms with van der Waals surface area (Å²) in [5.74, 6) is -1.29. The SMILES string of the molecule is COc1cc2c(CC(=O)O)c[nH]c2cc1F. The highest BCUT2D eigenvalue weighted by Gasteiger charge is 2.11. The third-order valence-electron chi connectivity index (χ3n) is 2.38. The highest BCUT2D eigenvalue weighted by Crippen LogP contribution is 2.26. The molecule has 0 aliphatic heterocycles. The van der Waals surface area contributed by atoms with Crippen molar-refractivity contribution in [1.29, 1.82) is 0 Å². The number of hydrogen-bond donors (Lipinski definition) is 2. The van der Waals surface area contributed by atoms with Gasteiger partial charge in [0.05, 0.1) is 13.5 Å². The maximum absolute atomic E-state index is 13.3. The molecule has 0 aliphatic rings. The number of aliphatic carboxylic acids is 1. The number of nitrogens with one attached hydrogen (secondary N) is 1. The van der Waals surface area contributed by atoms with Crippen LogP contribution in [0, 0.1) is 5.82 Å². The van der Waals surface area contributed by atoms with Gasteiger partial charge in [-0.1, -0.05) is 0 Å². The van der Waals surface area contributed by atoms with E-state index >= 15 is 0 Å². The van der Waals surface area contributed by atoms with E-state index in [2.05, 4.69) is 4.98 Å². The number of carboxylic acid groups (broad SMARTS) is 1. The molecule has 0 fully saturated rings. The van der Waals surface area contributed by atoms with Gasteiger partial charge in [0.15, 0.2) is 11.6 Å². The normalized spacial score (nSPS) is 10.6. The summed E-state index contributed by atoms with van der Waals surface area (Å²) in [4.78, 5) is 13.4. The Hall–Kier alpha value is -2.04. The molecule has 0 saturated carbocycles. The van der Waals surface area contributed by atoms with Gasteiger partial charge in [-0.25, -0.2) is 4.39 Å². The second-order valence-electron chi connectivity index (χ2n) is 3.42. The molecule has 2 N–H and O–H groups in total. The van der Waals surface area contributed by atoms with Crippen molar-refractivity contribution in [2.24, 2.45) is 0 Å². The zero-order valence-corrected chi connectivity index (χ0v) is 8.58. The molecule has 0 unspecified atom stereocenters. The Balaban J connectivity index is 2.57. The summed E-state index contributed by atoms with van der Waals surface area (Å²) in [6, 6.07) is 2.79. The molecule has 0 amide bonds. The molecule has 4 nitrogen and oxygen atoms in total. The molecule has 2 rings (SSSR count). The minimum atomic E-state index is -0.927. The number of halogens is 1. The number of hydrogen-bond acceptors (Lipinski definition) is 2. The lowest BCUT2D eigenvalue weighted by atomic mass is 10.1. The highest BCUT2D eigenvalue weighted by molar-refractivity contribution is 5.88. The monoisotopic (exact) mass is 223 g/mol. The smallest absolute Gasteiger partial charge is 0.307 e. The minimum Gasteiger partial charge on any atom is -0.494 e. The van der Waals surface area contributed by atoms with Crippen molar-refractivity contribution in [3.05, 3.63) is 29.7 Å². The fourth-order valence-electron chi connectivity index (χ4n) is 1.65. The third-order valence-corrected chi connectivity index (χ3v) is 2.38. The van der Waals surface area contributed by atoms with E-state index in [0.29, 0.717) is 16.5 Å². The topological polar surface area (TPSA) is 62.3 Å². The standard InChI is InChI=1S/C11H10FNO3/c1-16-10-3-7-6(2-11(14)15)5-13-9(7)4-8(10)12/h3-5,13H,2H2,1H3,(H,14,15). The number of methoxy groups -OCH3 is 1. The number of aromatic nitrogens is 1. The first-order chi connectivity index (χ1) is 7.61. The van der Waals surface area contributed by atoms with E-state index in [-0.39, 0.29) is 12.2 Å². The molecule has 0 saturated heterocycles. The zero-order valence-electron chi connectivity index (χ0n) is 8.58. The van der Waals surface area contributed by atoms with Crippen molar-refractivity contribution >= 4 is 16.9 Å². The van der Waals surface area contributed by atoms with Crippen molar-refractivity contribution in [1.82, 2.24) is 4.98 Å². The van der Waals surface area contributed by atoms with Gasteiger partial charge in [0.1, 0.15) is 0 Å². The Morgan fingerprint density at radius 1 is 1.56 bits per heavy atom. The second kappa shape index (κ2) is 3.84. The molecule has 1 aromatic heterocycles. The second-order valence-corrected chi connectivity index (χ2v) is 3.42. The lowest BCUT2D eigenvalue weighted by Gasteiger charge is -2.02. The fourth-order valence-corrected chi connectivity index (χ4v) is 1.65. The predicted molar refractivity (Wildman–Crippen MR) is 56.1 cm³/mol. The largest absolute Gasteiger partial charge is 0.494 e. The van der Waals surface area contributed by atoms with Crippen LogP contribution in [0.15, 0.2) is 18.3 Å². The molecule has 84 valence electrons. The van der Waals surface area contributed by atoms with E-state index in [0.717, 1.165) is 0 Å². The van der Waals surface area contributed by atoms with Crippen LogP contribution < -0.4 is 4.74 Å². The van der Waals surface area contributed by atoms with Crippen molar-refractivity contribution in [3.8, 4) is 5.75 Å². The maximum atomic E-state index is 13.3. The van der Waals surface area contributed by atoms with Gasteiger partial charge in [0, 0.05) is 23.2 Å². The van der Waals surface area contributed by atoms with Crippen LogP contribution >= 0.6 is 0 Å². The summed E-state index contributed by atoms with van der Waals surface area (Å²) < 4.78 is 18.2. The summed E-state index contributed by atoms with van der Waals surface area (Å²) in [5.41, 5.74) is 1.18. The Kier molecular flexibility index (Phi) is 2.52. The molecule has 0 radical (unpaired) electrons. The van der Waals surface area contributed by atoms with Gasteiger partial charge in [-0.2, -0.15) is 0 Å². The molecular weight excluding hydrogens is 213 g/mol. The van der Waals surface area contributed by atoms with Crippen LogP contribution in [0.4, 0.5) is 4.39 Å². The summed E-state index contributed by atoms with van der Waals surface area (Å²) in [5, 5.41) is 9.37. The van der Waals surface area contributed by atoms with Crippen LogP contribution in [0.25, 0.3) is 10.9 Å². The van der Waals surface area contributed by atoms with Crippen LogP contribution in [-0.4, -0.2) is 23.2 Å². The first-order valence-electron chi connectivity index (χ1n) is 4.67. The van der Waals surface area contributed by atoms with Crippen molar-refractivity contribution in [2.45, 2.75) is 6.42 Å². The molecule has 1 heterocycles. The number of aromatic amines is 1. The summed E-state index contributed by atoms with van der Waals surface area (Å²) in [6.07, 6.45) is 1.46. The van der Waals surface area contributed by atoms with Gasteiger partial charge < -0.3 is 14.8 Å². The number of H-pyrrole nitrogens is 1. The summed E-state index contributed by atoms with van der Waals surface area (Å²) in [6.45, 7) is 0. The molecule has 0 aliphatic carbocycles. The number of fused-ring (bicyclic) bond motifs is 1. The Morgan fingerprint density at radius 3 is 2.94 bits per heavy atom. The van der Waals surface area contributed by atoms with Crippen molar-refractivity contribution in [3.63, 3.8) is 0 Å². The number of carbonyl (C=O) groups is 1. The Morgan fingerprint density at radius 2 is 2.31 bits per heavy atom. The first-order valence-corrected chi connectivity index (χ1v) is 4.67.